The zero-order valence-electron chi connectivity index (χ0n) is 11.2. The fraction of sp³-hybridized carbons (Fsp3) is 0.462. The van der Waals surface area contributed by atoms with Gasteiger partial charge in [-0.05, 0) is 41.0 Å². The zero-order chi connectivity index (χ0) is 13.8. The molecule has 2 heterocycles. The highest BCUT2D eigenvalue weighted by atomic mass is 79.9. The van der Waals surface area contributed by atoms with Crippen LogP contribution in [0.1, 0.15) is 19.7 Å². The Labute approximate surface area is 121 Å². The summed E-state index contributed by atoms with van der Waals surface area (Å²) in [4.78, 5) is 8.65. The first-order valence-electron chi connectivity index (χ1n) is 6.22. The van der Waals surface area contributed by atoms with Crippen molar-refractivity contribution in [1.29, 1.82) is 0 Å². The minimum absolute atomic E-state index is 0.320. The molecule has 0 radical (unpaired) electrons. The second-order valence-electron chi connectivity index (χ2n) is 4.69. The number of hydrogen-bond acceptors (Lipinski definition) is 5. The quantitative estimate of drug-likeness (QED) is 0.916. The van der Waals surface area contributed by atoms with Gasteiger partial charge in [-0.1, -0.05) is 19.0 Å². The molecule has 0 bridgehead atoms. The first kappa shape index (κ1) is 14.1. The van der Waals surface area contributed by atoms with E-state index in [1.54, 1.807) is 6.20 Å². The van der Waals surface area contributed by atoms with Crippen molar-refractivity contribution in [2.45, 2.75) is 26.3 Å². The van der Waals surface area contributed by atoms with Crippen LogP contribution in [0.2, 0.25) is 0 Å². The van der Waals surface area contributed by atoms with E-state index >= 15 is 0 Å². The highest BCUT2D eigenvalue weighted by Gasteiger charge is 2.18. The van der Waals surface area contributed by atoms with Crippen molar-refractivity contribution in [3.05, 3.63) is 28.7 Å². The zero-order valence-corrected chi connectivity index (χ0v) is 12.8. The van der Waals surface area contributed by atoms with Gasteiger partial charge in [0.2, 0.25) is 11.7 Å². The van der Waals surface area contributed by atoms with Gasteiger partial charge in [0.15, 0.2) is 0 Å². The number of pyridine rings is 1. The molecule has 0 aromatic carbocycles. The van der Waals surface area contributed by atoms with E-state index in [1.807, 2.05) is 19.2 Å². The Hall–Kier alpha value is -1.27. The fourth-order valence-corrected chi connectivity index (χ4v) is 2.28. The first-order valence-corrected chi connectivity index (χ1v) is 7.02. The molecule has 19 heavy (non-hydrogen) atoms. The van der Waals surface area contributed by atoms with Crippen LogP contribution in [-0.2, 0) is 6.42 Å². The molecular formula is C13H17BrN4O. The average molecular weight is 325 g/mol. The maximum atomic E-state index is 5.29. The smallest absolute Gasteiger partial charge is 0.228 e. The average Bonchev–Trinajstić information content (AvgIpc) is 2.84. The minimum Gasteiger partial charge on any atom is -0.339 e. The first-order chi connectivity index (χ1) is 9.11. The molecule has 2 rings (SSSR count). The Morgan fingerprint density at radius 2 is 2.21 bits per heavy atom. The van der Waals surface area contributed by atoms with E-state index in [2.05, 4.69) is 50.2 Å². The largest absolute Gasteiger partial charge is 0.339 e. The molecule has 0 saturated heterocycles. The number of rotatable bonds is 5. The van der Waals surface area contributed by atoms with Crippen molar-refractivity contribution < 1.29 is 4.52 Å². The standard InChI is InChI=1S/C13H17BrN4O/c1-8(2)10(15-3)7-11-17-13(18-19-11)12-9(14)5-4-6-16-12/h4-6,8,10,15H,7H2,1-3H3. The summed E-state index contributed by atoms with van der Waals surface area (Å²) in [5.74, 6) is 1.64. The summed E-state index contributed by atoms with van der Waals surface area (Å²) >= 11 is 3.43. The molecule has 1 unspecified atom stereocenters. The molecular weight excluding hydrogens is 308 g/mol. The third-order valence-electron chi connectivity index (χ3n) is 3.01. The van der Waals surface area contributed by atoms with E-state index < -0.39 is 0 Å². The summed E-state index contributed by atoms with van der Waals surface area (Å²) in [5.41, 5.74) is 0.697. The molecule has 2 aromatic rings. The van der Waals surface area contributed by atoms with Crippen LogP contribution in [0.5, 0.6) is 0 Å². The Kier molecular flexibility index (Phi) is 4.66. The minimum atomic E-state index is 0.320. The Bertz CT molecular complexity index is 541. The van der Waals surface area contributed by atoms with Gasteiger partial charge in [-0.2, -0.15) is 4.98 Å². The molecule has 1 atom stereocenters. The topological polar surface area (TPSA) is 63.8 Å². The van der Waals surface area contributed by atoms with Gasteiger partial charge in [0.25, 0.3) is 0 Å². The van der Waals surface area contributed by atoms with E-state index in [-0.39, 0.29) is 0 Å². The number of halogens is 1. The van der Waals surface area contributed by atoms with Gasteiger partial charge in [-0.25, -0.2) is 0 Å². The highest BCUT2D eigenvalue weighted by molar-refractivity contribution is 9.10. The van der Waals surface area contributed by atoms with Gasteiger partial charge >= 0.3 is 0 Å². The lowest BCUT2D eigenvalue weighted by Crippen LogP contribution is -2.32. The summed E-state index contributed by atoms with van der Waals surface area (Å²) in [6.45, 7) is 4.32. The van der Waals surface area contributed by atoms with E-state index in [9.17, 15) is 0 Å². The molecule has 6 heteroatoms. The summed E-state index contributed by atoms with van der Waals surface area (Å²) in [7, 11) is 1.94. The van der Waals surface area contributed by atoms with Crippen LogP contribution in [0.4, 0.5) is 0 Å². The summed E-state index contributed by atoms with van der Waals surface area (Å²) in [6.07, 6.45) is 2.42. The fourth-order valence-electron chi connectivity index (χ4n) is 1.84. The van der Waals surface area contributed by atoms with E-state index in [0.717, 1.165) is 4.47 Å². The summed E-state index contributed by atoms with van der Waals surface area (Å²) in [6, 6.07) is 4.08. The molecule has 102 valence electrons. The van der Waals surface area contributed by atoms with Gasteiger partial charge in [-0.15, -0.1) is 0 Å². The molecule has 0 fully saturated rings. The van der Waals surface area contributed by atoms with Gasteiger partial charge in [0.05, 0.1) is 0 Å². The van der Waals surface area contributed by atoms with Gasteiger partial charge in [0.1, 0.15) is 5.69 Å². The third kappa shape index (κ3) is 3.39. The number of nitrogens with zero attached hydrogens (tertiary/aromatic N) is 3. The monoisotopic (exact) mass is 324 g/mol. The molecule has 0 aliphatic heterocycles. The second kappa shape index (κ2) is 6.25. The molecule has 0 amide bonds. The van der Waals surface area contributed by atoms with Gasteiger partial charge in [0, 0.05) is 23.1 Å². The molecule has 0 aliphatic carbocycles. The third-order valence-corrected chi connectivity index (χ3v) is 3.65. The van der Waals surface area contributed by atoms with Crippen molar-refractivity contribution in [3.8, 4) is 11.5 Å². The van der Waals surface area contributed by atoms with Crippen molar-refractivity contribution in [2.24, 2.45) is 5.92 Å². The van der Waals surface area contributed by atoms with E-state index in [4.69, 9.17) is 4.52 Å². The lowest BCUT2D eigenvalue weighted by molar-refractivity contribution is 0.335. The van der Waals surface area contributed by atoms with Crippen LogP contribution in [0.3, 0.4) is 0 Å². The summed E-state index contributed by atoms with van der Waals surface area (Å²) < 4.78 is 6.15. The Morgan fingerprint density at radius 1 is 1.42 bits per heavy atom. The van der Waals surface area contributed by atoms with E-state index in [0.29, 0.717) is 35.8 Å². The number of hydrogen-bond donors (Lipinski definition) is 1. The van der Waals surface area contributed by atoms with Crippen molar-refractivity contribution >= 4 is 15.9 Å². The summed E-state index contributed by atoms with van der Waals surface area (Å²) in [5, 5.41) is 7.25. The van der Waals surface area contributed by atoms with E-state index in [1.165, 1.54) is 0 Å². The predicted octanol–water partition coefficient (Wildman–Crippen LogP) is 2.68. The maximum Gasteiger partial charge on any atom is 0.228 e. The number of likely N-dealkylation sites (N-methyl/N-ethyl adjacent to an activating group) is 1. The van der Waals surface area contributed by atoms with Crippen LogP contribution >= 0.6 is 15.9 Å². The maximum absolute atomic E-state index is 5.29. The van der Waals surface area contributed by atoms with Crippen molar-refractivity contribution in [3.63, 3.8) is 0 Å². The normalized spacial score (nSPS) is 12.9. The Morgan fingerprint density at radius 3 is 2.84 bits per heavy atom. The molecule has 0 saturated carbocycles. The number of nitrogens with one attached hydrogen (secondary N) is 1. The van der Waals surface area contributed by atoms with Crippen molar-refractivity contribution in [1.82, 2.24) is 20.4 Å². The van der Waals surface area contributed by atoms with Crippen LogP contribution in [-0.4, -0.2) is 28.2 Å². The predicted molar refractivity (Wildman–Crippen MR) is 76.6 cm³/mol. The highest BCUT2D eigenvalue weighted by Crippen LogP contribution is 2.23. The van der Waals surface area contributed by atoms with Crippen molar-refractivity contribution in [2.75, 3.05) is 7.05 Å². The number of aromatic nitrogens is 3. The van der Waals surface area contributed by atoms with Crippen LogP contribution in [0.15, 0.2) is 27.3 Å². The van der Waals surface area contributed by atoms with Gasteiger partial charge in [-0.3, -0.25) is 4.98 Å². The second-order valence-corrected chi connectivity index (χ2v) is 5.54. The van der Waals surface area contributed by atoms with Crippen LogP contribution in [0, 0.1) is 5.92 Å². The van der Waals surface area contributed by atoms with Crippen LogP contribution < -0.4 is 5.32 Å². The van der Waals surface area contributed by atoms with Crippen LogP contribution in [0.25, 0.3) is 11.5 Å². The van der Waals surface area contributed by atoms with Gasteiger partial charge < -0.3 is 9.84 Å². The Balaban J connectivity index is 2.18. The lowest BCUT2D eigenvalue weighted by atomic mass is 10.0. The molecule has 5 nitrogen and oxygen atoms in total. The lowest BCUT2D eigenvalue weighted by Gasteiger charge is -2.17. The molecule has 2 aromatic heterocycles. The SMILES string of the molecule is CNC(Cc1nc(-c2ncccc2Br)no1)C(C)C. The molecule has 1 N–H and O–H groups in total. The molecule has 0 spiro atoms. The molecule has 0 aliphatic rings.